The van der Waals surface area contributed by atoms with Gasteiger partial charge < -0.3 is 19.4 Å². The summed E-state index contributed by atoms with van der Waals surface area (Å²) >= 11 is 1.30. The molecular formula is C24H29FN4O3S. The van der Waals surface area contributed by atoms with Gasteiger partial charge in [0.25, 0.3) is 0 Å². The third-order valence-corrected chi connectivity index (χ3v) is 5.83. The lowest BCUT2D eigenvalue weighted by molar-refractivity contribution is -0.115. The van der Waals surface area contributed by atoms with Crippen LogP contribution in [0.4, 0.5) is 10.1 Å². The second kappa shape index (κ2) is 11.2. The molecule has 2 unspecified atom stereocenters. The van der Waals surface area contributed by atoms with Gasteiger partial charge in [-0.15, -0.1) is 10.2 Å². The van der Waals surface area contributed by atoms with E-state index in [1.165, 1.54) is 23.9 Å². The summed E-state index contributed by atoms with van der Waals surface area (Å²) in [5.74, 6) is 1.73. The molecular weight excluding hydrogens is 443 g/mol. The van der Waals surface area contributed by atoms with Gasteiger partial charge in [0.15, 0.2) is 17.1 Å². The zero-order valence-corrected chi connectivity index (χ0v) is 20.2. The van der Waals surface area contributed by atoms with Crippen LogP contribution in [0.25, 0.3) is 0 Å². The number of anilines is 1. The monoisotopic (exact) mass is 472 g/mol. The van der Waals surface area contributed by atoms with Crippen molar-refractivity contribution in [2.45, 2.75) is 50.8 Å². The maximum Gasteiger partial charge on any atom is 0.237 e. The summed E-state index contributed by atoms with van der Waals surface area (Å²) < 4.78 is 26.8. The van der Waals surface area contributed by atoms with Crippen molar-refractivity contribution in [3.63, 3.8) is 0 Å². The Labute approximate surface area is 197 Å². The van der Waals surface area contributed by atoms with E-state index in [-0.39, 0.29) is 12.0 Å². The molecule has 176 valence electrons. The minimum absolute atomic E-state index is 0.244. The van der Waals surface area contributed by atoms with Crippen molar-refractivity contribution in [2.24, 2.45) is 5.92 Å². The first-order chi connectivity index (χ1) is 15.8. The Balaban J connectivity index is 1.75. The lowest BCUT2D eigenvalue weighted by Crippen LogP contribution is -2.23. The highest BCUT2D eigenvalue weighted by Crippen LogP contribution is 2.29. The fraction of sp³-hybridized carbons (Fsp3) is 0.375. The van der Waals surface area contributed by atoms with Crippen LogP contribution in [-0.4, -0.2) is 33.0 Å². The third-order valence-electron chi connectivity index (χ3n) is 4.75. The van der Waals surface area contributed by atoms with Crippen molar-refractivity contribution >= 4 is 23.4 Å². The molecule has 0 fully saturated rings. The van der Waals surface area contributed by atoms with Gasteiger partial charge >= 0.3 is 0 Å². The highest BCUT2D eigenvalue weighted by molar-refractivity contribution is 8.00. The van der Waals surface area contributed by atoms with Crippen LogP contribution in [0.3, 0.4) is 0 Å². The Hall–Kier alpha value is -3.07. The number of nitrogens with one attached hydrogen (secondary N) is 1. The standard InChI is InChI=1S/C24H29FN4O3S/c1-15(2)14-29-22(16(3)32-21-11-7-10-20(13-21)31-5)27-28-24(29)33-17(4)23(30)26-19-9-6-8-18(25)12-19/h6-13,15-17H,14H2,1-5H3,(H,26,30). The molecule has 0 radical (unpaired) electrons. The van der Waals surface area contributed by atoms with Crippen LogP contribution in [0.2, 0.25) is 0 Å². The van der Waals surface area contributed by atoms with Crippen LogP contribution >= 0.6 is 11.8 Å². The second-order valence-corrected chi connectivity index (χ2v) is 9.35. The van der Waals surface area contributed by atoms with Crippen molar-refractivity contribution in [1.29, 1.82) is 0 Å². The molecule has 1 N–H and O–H groups in total. The maximum absolute atomic E-state index is 13.4. The smallest absolute Gasteiger partial charge is 0.237 e. The Morgan fingerprint density at radius 2 is 1.82 bits per heavy atom. The quantitative estimate of drug-likeness (QED) is 0.401. The van der Waals surface area contributed by atoms with Crippen molar-refractivity contribution in [3.05, 3.63) is 60.2 Å². The number of benzene rings is 2. The number of methoxy groups -OCH3 is 1. The van der Waals surface area contributed by atoms with Crippen LogP contribution in [0, 0.1) is 11.7 Å². The molecule has 2 aromatic carbocycles. The summed E-state index contributed by atoms with van der Waals surface area (Å²) in [7, 11) is 1.61. The van der Waals surface area contributed by atoms with Crippen molar-refractivity contribution in [1.82, 2.24) is 14.8 Å². The second-order valence-electron chi connectivity index (χ2n) is 8.04. The summed E-state index contributed by atoms with van der Waals surface area (Å²) in [6.07, 6.45) is -0.367. The molecule has 0 saturated heterocycles. The molecule has 9 heteroatoms. The summed E-state index contributed by atoms with van der Waals surface area (Å²) in [5, 5.41) is 11.6. The zero-order valence-electron chi connectivity index (χ0n) is 19.4. The van der Waals surface area contributed by atoms with Crippen molar-refractivity contribution in [2.75, 3.05) is 12.4 Å². The van der Waals surface area contributed by atoms with E-state index in [1.807, 2.05) is 35.8 Å². The number of halogens is 1. The van der Waals surface area contributed by atoms with E-state index in [4.69, 9.17) is 9.47 Å². The zero-order chi connectivity index (χ0) is 24.0. The first-order valence-corrected chi connectivity index (χ1v) is 11.6. The van der Waals surface area contributed by atoms with E-state index in [9.17, 15) is 9.18 Å². The van der Waals surface area contributed by atoms with E-state index in [0.29, 0.717) is 40.6 Å². The molecule has 1 heterocycles. The van der Waals surface area contributed by atoms with Gasteiger partial charge in [0.05, 0.1) is 12.4 Å². The Morgan fingerprint density at radius 3 is 2.52 bits per heavy atom. The minimum Gasteiger partial charge on any atom is -0.497 e. The number of nitrogens with zero attached hydrogens (tertiary/aromatic N) is 3. The minimum atomic E-state index is -0.467. The van der Waals surface area contributed by atoms with Gasteiger partial charge in [-0.2, -0.15) is 0 Å². The fourth-order valence-corrected chi connectivity index (χ4v) is 4.04. The number of hydrogen-bond donors (Lipinski definition) is 1. The third kappa shape index (κ3) is 6.71. The highest BCUT2D eigenvalue weighted by atomic mass is 32.2. The van der Waals surface area contributed by atoms with Gasteiger partial charge in [0, 0.05) is 18.3 Å². The molecule has 0 aliphatic heterocycles. The number of thioether (sulfide) groups is 1. The summed E-state index contributed by atoms with van der Waals surface area (Å²) in [5.41, 5.74) is 0.414. The van der Waals surface area contributed by atoms with Gasteiger partial charge in [-0.05, 0) is 50.1 Å². The normalized spacial score (nSPS) is 12.9. The molecule has 3 rings (SSSR count). The van der Waals surface area contributed by atoms with Crippen molar-refractivity contribution in [3.8, 4) is 11.5 Å². The lowest BCUT2D eigenvalue weighted by atomic mass is 10.2. The number of carbonyl (C=O) groups excluding carboxylic acids is 1. The first-order valence-electron chi connectivity index (χ1n) is 10.7. The SMILES string of the molecule is COc1cccc(OC(C)c2nnc(SC(C)C(=O)Nc3cccc(F)c3)n2CC(C)C)c1. The molecule has 0 aliphatic carbocycles. The molecule has 3 aromatic rings. The van der Waals surface area contributed by atoms with Gasteiger partial charge in [0.1, 0.15) is 17.3 Å². The van der Waals surface area contributed by atoms with E-state index in [2.05, 4.69) is 29.4 Å². The maximum atomic E-state index is 13.4. The molecule has 0 bridgehead atoms. The molecule has 0 aliphatic rings. The lowest BCUT2D eigenvalue weighted by Gasteiger charge is -2.19. The van der Waals surface area contributed by atoms with Gasteiger partial charge in [-0.1, -0.05) is 37.7 Å². The number of hydrogen-bond acceptors (Lipinski definition) is 6. The Morgan fingerprint density at radius 1 is 1.09 bits per heavy atom. The molecule has 33 heavy (non-hydrogen) atoms. The Kier molecular flexibility index (Phi) is 8.32. The van der Waals surface area contributed by atoms with Crippen LogP contribution in [0.1, 0.15) is 39.6 Å². The topological polar surface area (TPSA) is 78.3 Å². The summed E-state index contributed by atoms with van der Waals surface area (Å²) in [4.78, 5) is 12.7. The summed E-state index contributed by atoms with van der Waals surface area (Å²) in [6.45, 7) is 8.57. The molecule has 7 nitrogen and oxygen atoms in total. The molecule has 2 atom stereocenters. The molecule has 1 aromatic heterocycles. The number of rotatable bonds is 10. The summed E-state index contributed by atoms with van der Waals surface area (Å²) in [6, 6.07) is 13.2. The number of aromatic nitrogens is 3. The predicted molar refractivity (Wildman–Crippen MR) is 127 cm³/mol. The largest absolute Gasteiger partial charge is 0.497 e. The van der Waals surface area contributed by atoms with Crippen LogP contribution in [-0.2, 0) is 11.3 Å². The number of ether oxygens (including phenoxy) is 2. The molecule has 1 amide bonds. The molecule has 0 spiro atoms. The van der Waals surface area contributed by atoms with Gasteiger partial charge in [-0.25, -0.2) is 4.39 Å². The fourth-order valence-electron chi connectivity index (χ4n) is 3.18. The van der Waals surface area contributed by atoms with Crippen molar-refractivity contribution < 1.29 is 18.7 Å². The Bertz CT molecular complexity index is 1090. The average molecular weight is 473 g/mol. The van der Waals surface area contributed by atoms with E-state index in [1.54, 1.807) is 26.2 Å². The number of carbonyl (C=O) groups is 1. The average Bonchev–Trinajstić information content (AvgIpc) is 3.15. The van der Waals surface area contributed by atoms with E-state index >= 15 is 0 Å². The van der Waals surface area contributed by atoms with Crippen LogP contribution in [0.15, 0.2) is 53.7 Å². The predicted octanol–water partition coefficient (Wildman–Crippen LogP) is 5.34. The van der Waals surface area contributed by atoms with Crippen LogP contribution < -0.4 is 14.8 Å². The van der Waals surface area contributed by atoms with E-state index in [0.717, 1.165) is 0 Å². The van der Waals surface area contributed by atoms with E-state index < -0.39 is 11.1 Å². The highest BCUT2D eigenvalue weighted by Gasteiger charge is 2.24. The molecule has 0 saturated carbocycles. The van der Waals surface area contributed by atoms with Gasteiger partial charge in [-0.3, -0.25) is 4.79 Å². The number of amides is 1. The van der Waals surface area contributed by atoms with Crippen LogP contribution in [0.5, 0.6) is 11.5 Å². The van der Waals surface area contributed by atoms with Gasteiger partial charge in [0.2, 0.25) is 5.91 Å². The first kappa shape index (κ1) is 24.6.